The lowest BCUT2D eigenvalue weighted by molar-refractivity contribution is -0.143. The Bertz CT molecular complexity index is 1320. The predicted octanol–water partition coefficient (Wildman–Crippen LogP) is 4.27. The Hall–Kier alpha value is -3.97. The standard InChI is InChI=1S/C32H35N3O4/c1-23-11-9-10-16-27(23)31(38)35-28(30(37)33-24(2)26-14-7-4-8-15-26)22-39-32(35)17-19-34(20-18-32)29(36)21-25-12-5-3-6-13-25/h3-16,24,28H,17-22H2,1-2H3,(H,33,37)/t24-,28+/m0/s1. The molecule has 2 fully saturated rings. The fourth-order valence-electron chi connectivity index (χ4n) is 5.63. The lowest BCUT2D eigenvalue weighted by Crippen LogP contribution is -2.60. The van der Waals surface area contributed by atoms with E-state index in [1.54, 1.807) is 11.0 Å². The molecule has 7 heteroatoms. The Morgan fingerprint density at radius 2 is 1.54 bits per heavy atom. The second-order valence-corrected chi connectivity index (χ2v) is 10.4. The molecule has 3 aromatic carbocycles. The van der Waals surface area contributed by atoms with Gasteiger partial charge in [0.1, 0.15) is 11.8 Å². The van der Waals surface area contributed by atoms with Gasteiger partial charge in [0.2, 0.25) is 11.8 Å². The van der Waals surface area contributed by atoms with Crippen molar-refractivity contribution in [2.75, 3.05) is 19.7 Å². The largest absolute Gasteiger partial charge is 0.353 e. The number of hydrogen-bond acceptors (Lipinski definition) is 4. The van der Waals surface area contributed by atoms with Crippen molar-refractivity contribution in [2.45, 2.75) is 50.9 Å². The fourth-order valence-corrected chi connectivity index (χ4v) is 5.63. The number of rotatable bonds is 6. The van der Waals surface area contributed by atoms with Crippen LogP contribution in [0.25, 0.3) is 0 Å². The molecule has 202 valence electrons. The average molecular weight is 526 g/mol. The summed E-state index contributed by atoms with van der Waals surface area (Å²) in [6.45, 7) is 4.86. The average Bonchev–Trinajstić information content (AvgIpc) is 3.32. The summed E-state index contributed by atoms with van der Waals surface area (Å²) < 4.78 is 6.35. The van der Waals surface area contributed by atoms with Crippen LogP contribution in [-0.2, 0) is 20.7 Å². The number of benzene rings is 3. The normalized spacial score (nSPS) is 19.1. The minimum atomic E-state index is -0.944. The first kappa shape index (κ1) is 26.6. The van der Waals surface area contributed by atoms with E-state index < -0.39 is 11.8 Å². The number of hydrogen-bond donors (Lipinski definition) is 1. The molecule has 2 aliphatic rings. The summed E-state index contributed by atoms with van der Waals surface area (Å²) >= 11 is 0. The molecular formula is C32H35N3O4. The minimum Gasteiger partial charge on any atom is -0.353 e. The molecule has 2 aliphatic heterocycles. The molecule has 3 amide bonds. The summed E-state index contributed by atoms with van der Waals surface area (Å²) in [6, 6.07) is 25.9. The number of piperidine rings is 1. The quantitative estimate of drug-likeness (QED) is 0.521. The van der Waals surface area contributed by atoms with Crippen LogP contribution in [0.1, 0.15) is 52.9 Å². The zero-order chi connectivity index (χ0) is 27.4. The van der Waals surface area contributed by atoms with Gasteiger partial charge in [-0.3, -0.25) is 19.3 Å². The van der Waals surface area contributed by atoms with Crippen LogP contribution < -0.4 is 5.32 Å². The van der Waals surface area contributed by atoms with Crippen LogP contribution in [0.5, 0.6) is 0 Å². The van der Waals surface area contributed by atoms with Gasteiger partial charge in [-0.05, 0) is 36.6 Å². The van der Waals surface area contributed by atoms with E-state index in [0.717, 1.165) is 16.7 Å². The summed E-state index contributed by atoms with van der Waals surface area (Å²) in [5.41, 5.74) is 2.42. The Morgan fingerprint density at radius 3 is 2.21 bits per heavy atom. The third kappa shape index (κ3) is 5.59. The molecule has 1 N–H and O–H groups in total. The summed E-state index contributed by atoms with van der Waals surface area (Å²) in [6.07, 6.45) is 1.23. The number of carbonyl (C=O) groups excluding carboxylic acids is 3. The molecular weight excluding hydrogens is 490 g/mol. The van der Waals surface area contributed by atoms with Gasteiger partial charge in [-0.25, -0.2) is 0 Å². The lowest BCUT2D eigenvalue weighted by atomic mass is 9.95. The van der Waals surface area contributed by atoms with Crippen LogP contribution in [0, 0.1) is 6.92 Å². The van der Waals surface area contributed by atoms with Crippen LogP contribution >= 0.6 is 0 Å². The number of carbonyl (C=O) groups is 3. The first-order valence-electron chi connectivity index (χ1n) is 13.6. The molecule has 7 nitrogen and oxygen atoms in total. The molecule has 1 spiro atoms. The molecule has 2 heterocycles. The zero-order valence-corrected chi connectivity index (χ0v) is 22.5. The molecule has 0 unspecified atom stereocenters. The molecule has 0 radical (unpaired) electrons. The highest BCUT2D eigenvalue weighted by molar-refractivity contribution is 5.99. The molecule has 0 aromatic heterocycles. The smallest absolute Gasteiger partial charge is 0.257 e. The summed E-state index contributed by atoms with van der Waals surface area (Å²) in [4.78, 5) is 44.2. The van der Waals surface area contributed by atoms with Crippen LogP contribution in [0.15, 0.2) is 84.9 Å². The van der Waals surface area contributed by atoms with E-state index in [4.69, 9.17) is 4.74 Å². The fraction of sp³-hybridized carbons (Fsp3) is 0.344. The number of nitrogens with zero attached hydrogens (tertiary/aromatic N) is 2. The number of likely N-dealkylation sites (tertiary alicyclic amines) is 1. The van der Waals surface area contributed by atoms with Crippen LogP contribution in [0.2, 0.25) is 0 Å². The summed E-state index contributed by atoms with van der Waals surface area (Å²) in [5.74, 6) is -0.410. The van der Waals surface area contributed by atoms with Gasteiger partial charge >= 0.3 is 0 Å². The Morgan fingerprint density at radius 1 is 0.923 bits per heavy atom. The van der Waals surface area contributed by atoms with Crippen molar-refractivity contribution in [1.82, 2.24) is 15.1 Å². The van der Waals surface area contributed by atoms with Crippen LogP contribution in [0.3, 0.4) is 0 Å². The number of aryl methyl sites for hydroxylation is 1. The van der Waals surface area contributed by atoms with Crippen molar-refractivity contribution < 1.29 is 19.1 Å². The van der Waals surface area contributed by atoms with E-state index in [1.807, 2.05) is 97.6 Å². The van der Waals surface area contributed by atoms with E-state index in [-0.39, 0.29) is 30.4 Å². The molecule has 39 heavy (non-hydrogen) atoms. The topological polar surface area (TPSA) is 79.0 Å². The summed E-state index contributed by atoms with van der Waals surface area (Å²) in [5, 5.41) is 3.09. The molecule has 2 saturated heterocycles. The van der Waals surface area contributed by atoms with Gasteiger partial charge in [0, 0.05) is 31.5 Å². The van der Waals surface area contributed by atoms with Gasteiger partial charge in [-0.1, -0.05) is 78.9 Å². The zero-order valence-electron chi connectivity index (χ0n) is 22.5. The van der Waals surface area contributed by atoms with Crippen molar-refractivity contribution in [2.24, 2.45) is 0 Å². The van der Waals surface area contributed by atoms with E-state index in [0.29, 0.717) is 37.9 Å². The second-order valence-electron chi connectivity index (χ2n) is 10.4. The van der Waals surface area contributed by atoms with E-state index in [9.17, 15) is 14.4 Å². The Labute approximate surface area is 229 Å². The predicted molar refractivity (Wildman–Crippen MR) is 149 cm³/mol. The second kappa shape index (κ2) is 11.4. The molecule has 0 aliphatic carbocycles. The Balaban J connectivity index is 1.36. The van der Waals surface area contributed by atoms with Gasteiger partial charge in [0.05, 0.1) is 19.1 Å². The molecule has 0 saturated carbocycles. The molecule has 5 rings (SSSR count). The van der Waals surface area contributed by atoms with Crippen molar-refractivity contribution in [3.05, 3.63) is 107 Å². The SMILES string of the molecule is Cc1ccccc1C(=O)N1[C@@H](C(=O)N[C@@H](C)c2ccccc2)COC12CCN(C(=O)Cc1ccccc1)CC2. The maximum Gasteiger partial charge on any atom is 0.257 e. The first-order chi connectivity index (χ1) is 18.9. The highest BCUT2D eigenvalue weighted by Crippen LogP contribution is 2.39. The monoisotopic (exact) mass is 525 g/mol. The molecule has 0 bridgehead atoms. The maximum absolute atomic E-state index is 14.1. The Kier molecular flexibility index (Phi) is 7.79. The third-order valence-electron chi connectivity index (χ3n) is 7.91. The van der Waals surface area contributed by atoms with Gasteiger partial charge in [0.25, 0.3) is 5.91 Å². The maximum atomic E-state index is 14.1. The van der Waals surface area contributed by atoms with Crippen molar-refractivity contribution in [3.8, 4) is 0 Å². The van der Waals surface area contributed by atoms with E-state index in [2.05, 4.69) is 5.32 Å². The van der Waals surface area contributed by atoms with Crippen LogP contribution in [0.4, 0.5) is 0 Å². The molecule has 2 atom stereocenters. The van der Waals surface area contributed by atoms with Gasteiger partial charge in [0.15, 0.2) is 0 Å². The highest BCUT2D eigenvalue weighted by Gasteiger charge is 2.54. The van der Waals surface area contributed by atoms with Gasteiger partial charge in [-0.15, -0.1) is 0 Å². The highest BCUT2D eigenvalue weighted by atomic mass is 16.5. The van der Waals surface area contributed by atoms with Gasteiger partial charge in [-0.2, -0.15) is 0 Å². The van der Waals surface area contributed by atoms with E-state index >= 15 is 0 Å². The van der Waals surface area contributed by atoms with Crippen molar-refractivity contribution in [3.63, 3.8) is 0 Å². The lowest BCUT2D eigenvalue weighted by Gasteiger charge is -2.44. The molecule has 3 aromatic rings. The van der Waals surface area contributed by atoms with Crippen molar-refractivity contribution >= 4 is 17.7 Å². The van der Waals surface area contributed by atoms with Gasteiger partial charge < -0.3 is 15.0 Å². The first-order valence-corrected chi connectivity index (χ1v) is 13.6. The van der Waals surface area contributed by atoms with E-state index in [1.165, 1.54) is 0 Å². The van der Waals surface area contributed by atoms with Crippen molar-refractivity contribution in [1.29, 1.82) is 0 Å². The van der Waals surface area contributed by atoms with Crippen LogP contribution in [-0.4, -0.2) is 59.0 Å². The number of ether oxygens (including phenoxy) is 1. The third-order valence-corrected chi connectivity index (χ3v) is 7.91. The summed E-state index contributed by atoms with van der Waals surface area (Å²) in [7, 11) is 0. The number of nitrogens with one attached hydrogen (secondary N) is 1. The minimum absolute atomic E-state index is 0.0526. The number of amides is 3.